The van der Waals surface area contributed by atoms with E-state index in [1.54, 1.807) is 6.07 Å². The normalized spacial score (nSPS) is 11.9. The first-order valence-electron chi connectivity index (χ1n) is 6.23. The number of anilines is 1. The molecule has 0 radical (unpaired) electrons. The van der Waals surface area contributed by atoms with Gasteiger partial charge < -0.3 is 5.32 Å². The molecule has 1 aromatic rings. The van der Waals surface area contributed by atoms with Gasteiger partial charge in [-0.2, -0.15) is 0 Å². The smallest absolute Gasteiger partial charge is 0.135 e. The Morgan fingerprint density at radius 3 is 2.35 bits per heavy atom. The molecule has 3 nitrogen and oxygen atoms in total. The van der Waals surface area contributed by atoms with Crippen molar-refractivity contribution in [1.29, 1.82) is 0 Å². The lowest BCUT2D eigenvalue weighted by Gasteiger charge is -2.29. The molecule has 0 amide bonds. The average Bonchev–Trinajstić information content (AvgIpc) is 2.28. The Kier molecular flexibility index (Phi) is 4.75. The summed E-state index contributed by atoms with van der Waals surface area (Å²) in [7, 11) is 0. The SMILES string of the molecule is CCC(C)(CC)Nc1cc(Cl)nc(C(C)C)n1. The highest BCUT2D eigenvalue weighted by Gasteiger charge is 2.20. The van der Waals surface area contributed by atoms with Gasteiger partial charge in [0.15, 0.2) is 0 Å². The summed E-state index contributed by atoms with van der Waals surface area (Å²) < 4.78 is 0. The third kappa shape index (κ3) is 3.84. The van der Waals surface area contributed by atoms with Gasteiger partial charge in [-0.1, -0.05) is 39.3 Å². The van der Waals surface area contributed by atoms with Crippen molar-refractivity contribution in [2.75, 3.05) is 5.32 Å². The fourth-order valence-electron chi connectivity index (χ4n) is 1.49. The van der Waals surface area contributed by atoms with Crippen molar-refractivity contribution in [3.8, 4) is 0 Å². The predicted octanol–water partition coefficient (Wildman–Crippen LogP) is 4.24. The lowest BCUT2D eigenvalue weighted by molar-refractivity contribution is 0.476. The van der Waals surface area contributed by atoms with Gasteiger partial charge in [0.25, 0.3) is 0 Å². The highest BCUT2D eigenvalue weighted by molar-refractivity contribution is 6.29. The van der Waals surface area contributed by atoms with E-state index in [0.29, 0.717) is 5.15 Å². The maximum absolute atomic E-state index is 6.02. The summed E-state index contributed by atoms with van der Waals surface area (Å²) in [5.41, 5.74) is 0.0614. The molecule has 0 aliphatic heterocycles. The molecule has 0 atom stereocenters. The average molecular weight is 256 g/mol. The van der Waals surface area contributed by atoms with Crippen LogP contribution in [0.4, 0.5) is 5.82 Å². The van der Waals surface area contributed by atoms with Gasteiger partial charge >= 0.3 is 0 Å². The van der Waals surface area contributed by atoms with Crippen LogP contribution < -0.4 is 5.32 Å². The Morgan fingerprint density at radius 2 is 1.88 bits per heavy atom. The number of aromatic nitrogens is 2. The van der Waals surface area contributed by atoms with Gasteiger partial charge in [0, 0.05) is 17.5 Å². The number of nitrogens with one attached hydrogen (secondary N) is 1. The summed E-state index contributed by atoms with van der Waals surface area (Å²) in [6.07, 6.45) is 2.09. The van der Waals surface area contributed by atoms with Crippen LogP contribution in [0.15, 0.2) is 6.07 Å². The molecule has 4 heteroatoms. The van der Waals surface area contributed by atoms with Crippen LogP contribution in [0.3, 0.4) is 0 Å². The molecule has 1 rings (SSSR count). The summed E-state index contributed by atoms with van der Waals surface area (Å²) in [6, 6.07) is 1.79. The van der Waals surface area contributed by atoms with Crippen molar-refractivity contribution < 1.29 is 0 Å². The van der Waals surface area contributed by atoms with E-state index >= 15 is 0 Å². The quantitative estimate of drug-likeness (QED) is 0.800. The van der Waals surface area contributed by atoms with Gasteiger partial charge in [-0.25, -0.2) is 9.97 Å². The Hall–Kier alpha value is -0.830. The first kappa shape index (κ1) is 14.2. The minimum Gasteiger partial charge on any atom is -0.365 e. The van der Waals surface area contributed by atoms with E-state index in [2.05, 4.69) is 49.9 Å². The molecule has 0 spiro atoms. The zero-order valence-corrected chi connectivity index (χ0v) is 12.1. The van der Waals surface area contributed by atoms with Gasteiger partial charge in [0.05, 0.1) is 0 Å². The largest absolute Gasteiger partial charge is 0.365 e. The zero-order valence-electron chi connectivity index (χ0n) is 11.3. The zero-order chi connectivity index (χ0) is 13.1. The first-order chi connectivity index (χ1) is 7.90. The maximum atomic E-state index is 6.02. The second-order valence-electron chi connectivity index (χ2n) is 4.98. The molecular weight excluding hydrogens is 234 g/mol. The van der Waals surface area contributed by atoms with E-state index in [1.165, 1.54) is 0 Å². The summed E-state index contributed by atoms with van der Waals surface area (Å²) in [4.78, 5) is 8.74. The van der Waals surface area contributed by atoms with Crippen molar-refractivity contribution in [2.24, 2.45) is 0 Å². The molecular formula is C13H22ClN3. The second kappa shape index (κ2) is 5.67. The Labute approximate surface area is 109 Å². The molecule has 0 aliphatic rings. The molecule has 96 valence electrons. The van der Waals surface area contributed by atoms with Crippen LogP contribution in [-0.2, 0) is 0 Å². The van der Waals surface area contributed by atoms with Gasteiger partial charge in [-0.3, -0.25) is 0 Å². The summed E-state index contributed by atoms with van der Waals surface area (Å²) >= 11 is 6.02. The molecule has 0 saturated carbocycles. The molecule has 0 unspecified atom stereocenters. The van der Waals surface area contributed by atoms with Crippen LogP contribution in [0.1, 0.15) is 59.2 Å². The fourth-order valence-corrected chi connectivity index (χ4v) is 1.68. The van der Waals surface area contributed by atoms with E-state index in [0.717, 1.165) is 24.5 Å². The molecule has 17 heavy (non-hydrogen) atoms. The third-order valence-electron chi connectivity index (χ3n) is 3.22. The minimum absolute atomic E-state index is 0.0614. The number of nitrogens with zero attached hydrogens (tertiary/aromatic N) is 2. The van der Waals surface area contributed by atoms with E-state index in [1.807, 2.05) is 0 Å². The molecule has 0 aliphatic carbocycles. The first-order valence-corrected chi connectivity index (χ1v) is 6.60. The lowest BCUT2D eigenvalue weighted by atomic mass is 9.96. The van der Waals surface area contributed by atoms with Gasteiger partial charge in [0.2, 0.25) is 0 Å². The molecule has 1 N–H and O–H groups in total. The standard InChI is InChI=1S/C13H22ClN3/c1-6-13(5,7-2)17-11-8-10(14)15-12(16-11)9(3)4/h8-9H,6-7H2,1-5H3,(H,15,16,17). The van der Waals surface area contributed by atoms with E-state index in [-0.39, 0.29) is 11.5 Å². The molecule has 0 bridgehead atoms. The molecule has 1 aromatic heterocycles. The van der Waals surface area contributed by atoms with Crippen molar-refractivity contribution in [3.05, 3.63) is 17.0 Å². The van der Waals surface area contributed by atoms with Crippen molar-refractivity contribution in [3.63, 3.8) is 0 Å². The summed E-state index contributed by atoms with van der Waals surface area (Å²) in [5.74, 6) is 1.89. The van der Waals surface area contributed by atoms with Crippen LogP contribution in [0.2, 0.25) is 5.15 Å². The fraction of sp³-hybridized carbons (Fsp3) is 0.692. The number of hydrogen-bond donors (Lipinski definition) is 1. The number of hydrogen-bond acceptors (Lipinski definition) is 3. The lowest BCUT2D eigenvalue weighted by Crippen LogP contribution is -2.33. The Bertz CT molecular complexity index is 373. The van der Waals surface area contributed by atoms with Gasteiger partial charge in [0.1, 0.15) is 16.8 Å². The number of halogens is 1. The molecule has 0 saturated heterocycles. The van der Waals surface area contributed by atoms with Crippen LogP contribution in [0.5, 0.6) is 0 Å². The van der Waals surface area contributed by atoms with Crippen molar-refractivity contribution >= 4 is 17.4 Å². The van der Waals surface area contributed by atoms with Gasteiger partial charge in [-0.05, 0) is 19.8 Å². The second-order valence-corrected chi connectivity index (χ2v) is 5.37. The molecule has 0 aromatic carbocycles. The molecule has 1 heterocycles. The van der Waals surface area contributed by atoms with E-state index < -0.39 is 0 Å². The van der Waals surface area contributed by atoms with Crippen LogP contribution in [0.25, 0.3) is 0 Å². The topological polar surface area (TPSA) is 37.8 Å². The van der Waals surface area contributed by atoms with Crippen molar-refractivity contribution in [2.45, 2.75) is 58.9 Å². The van der Waals surface area contributed by atoms with E-state index in [4.69, 9.17) is 11.6 Å². The van der Waals surface area contributed by atoms with Gasteiger partial charge in [-0.15, -0.1) is 0 Å². The maximum Gasteiger partial charge on any atom is 0.135 e. The third-order valence-corrected chi connectivity index (χ3v) is 3.41. The Balaban J connectivity index is 2.98. The van der Waals surface area contributed by atoms with Crippen LogP contribution in [0, 0.1) is 0 Å². The monoisotopic (exact) mass is 255 g/mol. The number of rotatable bonds is 5. The summed E-state index contributed by atoms with van der Waals surface area (Å²) in [6.45, 7) is 10.7. The Morgan fingerprint density at radius 1 is 1.29 bits per heavy atom. The molecule has 0 fully saturated rings. The minimum atomic E-state index is 0.0614. The van der Waals surface area contributed by atoms with Crippen molar-refractivity contribution in [1.82, 2.24) is 9.97 Å². The van der Waals surface area contributed by atoms with E-state index in [9.17, 15) is 0 Å². The highest BCUT2D eigenvalue weighted by Crippen LogP contribution is 2.23. The van der Waals surface area contributed by atoms with Crippen LogP contribution >= 0.6 is 11.6 Å². The summed E-state index contributed by atoms with van der Waals surface area (Å²) in [5, 5.41) is 3.96. The van der Waals surface area contributed by atoms with Crippen LogP contribution in [-0.4, -0.2) is 15.5 Å². The predicted molar refractivity (Wildman–Crippen MR) is 73.7 cm³/mol. The highest BCUT2D eigenvalue weighted by atomic mass is 35.5.